The smallest absolute Gasteiger partial charge is 0.0748 e. The molecule has 0 saturated carbocycles. The van der Waals surface area contributed by atoms with Crippen LogP contribution >= 0.6 is 0 Å². The summed E-state index contributed by atoms with van der Waals surface area (Å²) < 4.78 is 2.14. The van der Waals surface area contributed by atoms with Crippen LogP contribution in [0.2, 0.25) is 0 Å². The molecule has 1 aromatic carbocycles. The van der Waals surface area contributed by atoms with Crippen molar-refractivity contribution >= 4 is 10.9 Å². The van der Waals surface area contributed by atoms with Gasteiger partial charge in [0.2, 0.25) is 0 Å². The van der Waals surface area contributed by atoms with Gasteiger partial charge in [0.15, 0.2) is 0 Å². The maximum absolute atomic E-state index is 4.60. The van der Waals surface area contributed by atoms with Crippen molar-refractivity contribution in [1.82, 2.24) is 9.55 Å². The first-order chi connectivity index (χ1) is 7.25. The summed E-state index contributed by atoms with van der Waals surface area (Å²) >= 11 is 0. The van der Waals surface area contributed by atoms with Crippen molar-refractivity contribution in [2.24, 2.45) is 7.05 Å². The van der Waals surface area contributed by atoms with E-state index in [0.717, 1.165) is 11.2 Å². The number of hydrogen-bond donors (Lipinski definition) is 0. The molecule has 0 saturated heterocycles. The molecule has 0 spiro atoms. The second kappa shape index (κ2) is 2.83. The predicted octanol–water partition coefficient (Wildman–Crippen LogP) is 2.99. The summed E-state index contributed by atoms with van der Waals surface area (Å²) in [5, 5.41) is 1.24. The molecule has 2 heterocycles. The first-order valence-electron chi connectivity index (χ1n) is 5.07. The molecule has 2 nitrogen and oxygen atoms in total. The van der Waals surface area contributed by atoms with E-state index >= 15 is 0 Å². The van der Waals surface area contributed by atoms with Crippen molar-refractivity contribution in [2.45, 2.75) is 6.92 Å². The van der Waals surface area contributed by atoms with E-state index in [1.807, 2.05) is 6.07 Å². The molecule has 0 aliphatic carbocycles. The summed E-state index contributed by atoms with van der Waals surface area (Å²) in [6, 6.07) is 10.4. The van der Waals surface area contributed by atoms with E-state index in [0.29, 0.717) is 0 Å². The quantitative estimate of drug-likeness (QED) is 0.540. The average molecular weight is 196 g/mol. The molecule has 2 aliphatic heterocycles. The number of fused-ring (bicyclic) bond motifs is 3. The number of benzene rings is 1. The summed E-state index contributed by atoms with van der Waals surface area (Å²) in [5.41, 5.74) is 4.63. The molecule has 0 amide bonds. The van der Waals surface area contributed by atoms with E-state index < -0.39 is 0 Å². The Morgan fingerprint density at radius 1 is 1.20 bits per heavy atom. The first-order valence-corrected chi connectivity index (χ1v) is 5.07. The zero-order valence-corrected chi connectivity index (χ0v) is 8.86. The monoisotopic (exact) mass is 196 g/mol. The predicted molar refractivity (Wildman–Crippen MR) is 62.1 cm³/mol. The van der Waals surface area contributed by atoms with Gasteiger partial charge in [-0.2, -0.15) is 0 Å². The minimum atomic E-state index is 1.08. The second-order valence-corrected chi connectivity index (χ2v) is 3.95. The third-order valence-corrected chi connectivity index (χ3v) is 2.94. The van der Waals surface area contributed by atoms with Crippen molar-refractivity contribution < 1.29 is 0 Å². The Bertz CT molecular complexity index is 607. The number of nitrogens with zero attached hydrogens (tertiary/aromatic N) is 2. The number of rotatable bonds is 0. The molecule has 3 rings (SSSR count). The van der Waals surface area contributed by atoms with Crippen LogP contribution in [0.5, 0.6) is 0 Å². The van der Waals surface area contributed by atoms with E-state index in [1.165, 1.54) is 16.6 Å². The van der Waals surface area contributed by atoms with Crippen LogP contribution in [-0.4, -0.2) is 9.55 Å². The lowest BCUT2D eigenvalue weighted by Crippen LogP contribution is -1.96. The van der Waals surface area contributed by atoms with Crippen LogP contribution in [0.25, 0.3) is 22.2 Å². The molecule has 15 heavy (non-hydrogen) atoms. The lowest BCUT2D eigenvalue weighted by Gasteiger charge is -2.07. The lowest BCUT2D eigenvalue weighted by atomic mass is 10.1. The molecule has 74 valence electrons. The van der Waals surface area contributed by atoms with E-state index in [-0.39, 0.29) is 0 Å². The third kappa shape index (κ3) is 1.14. The normalized spacial score (nSPS) is 11.3. The second-order valence-electron chi connectivity index (χ2n) is 3.95. The molecule has 2 aliphatic rings. The standard InChI is InChI=1S/C13H12N2/c1-9-7-13-11(8-15(9)2)10-5-3-4-6-12(10)14-13/h3-8H,1-2H3. The van der Waals surface area contributed by atoms with Crippen molar-refractivity contribution in [3.05, 3.63) is 42.2 Å². The van der Waals surface area contributed by atoms with Gasteiger partial charge in [0.25, 0.3) is 0 Å². The van der Waals surface area contributed by atoms with Crippen molar-refractivity contribution in [3.63, 3.8) is 0 Å². The van der Waals surface area contributed by atoms with Gasteiger partial charge in [0, 0.05) is 29.9 Å². The summed E-state index contributed by atoms with van der Waals surface area (Å²) in [6.07, 6.45) is 2.15. The lowest BCUT2D eigenvalue weighted by molar-refractivity contribution is 0.858. The topological polar surface area (TPSA) is 17.8 Å². The van der Waals surface area contributed by atoms with Gasteiger partial charge in [-0.15, -0.1) is 0 Å². The minimum absolute atomic E-state index is 1.08. The van der Waals surface area contributed by atoms with Gasteiger partial charge in [0.1, 0.15) is 0 Å². The van der Waals surface area contributed by atoms with Gasteiger partial charge in [-0.25, -0.2) is 4.98 Å². The Morgan fingerprint density at radius 3 is 2.87 bits per heavy atom. The van der Waals surface area contributed by atoms with E-state index in [4.69, 9.17) is 0 Å². The van der Waals surface area contributed by atoms with E-state index in [2.05, 4.69) is 54.0 Å². The minimum Gasteiger partial charge on any atom is -0.354 e. The summed E-state index contributed by atoms with van der Waals surface area (Å²) in [6.45, 7) is 2.10. The molecule has 0 unspecified atom stereocenters. The maximum Gasteiger partial charge on any atom is 0.0748 e. The van der Waals surface area contributed by atoms with Gasteiger partial charge < -0.3 is 4.57 Å². The molecule has 0 fully saturated rings. The van der Waals surface area contributed by atoms with Gasteiger partial charge in [-0.05, 0) is 19.1 Å². The highest BCUT2D eigenvalue weighted by molar-refractivity contribution is 5.97. The summed E-state index contributed by atoms with van der Waals surface area (Å²) in [4.78, 5) is 4.60. The molecule has 0 radical (unpaired) electrons. The Balaban J connectivity index is 2.50. The number of aromatic nitrogens is 2. The van der Waals surface area contributed by atoms with Gasteiger partial charge in [-0.3, -0.25) is 0 Å². The Hall–Kier alpha value is -1.83. The van der Waals surface area contributed by atoms with Gasteiger partial charge in [-0.1, -0.05) is 18.2 Å². The van der Waals surface area contributed by atoms with Crippen LogP contribution < -0.4 is 0 Å². The van der Waals surface area contributed by atoms with Gasteiger partial charge in [0.05, 0.1) is 11.2 Å². The van der Waals surface area contributed by atoms with Crippen LogP contribution in [0.3, 0.4) is 0 Å². The summed E-state index contributed by atoms with van der Waals surface area (Å²) in [7, 11) is 2.07. The molecule has 2 heteroatoms. The number of para-hydroxylation sites is 1. The third-order valence-electron chi connectivity index (χ3n) is 2.94. The maximum atomic E-state index is 4.60. The van der Waals surface area contributed by atoms with Gasteiger partial charge >= 0.3 is 0 Å². The largest absolute Gasteiger partial charge is 0.354 e. The Morgan fingerprint density at radius 2 is 2.00 bits per heavy atom. The highest BCUT2D eigenvalue weighted by Gasteiger charge is 2.11. The van der Waals surface area contributed by atoms with Crippen LogP contribution in [0.15, 0.2) is 36.5 Å². The van der Waals surface area contributed by atoms with E-state index in [9.17, 15) is 0 Å². The molecular formula is C13H12N2. The Kier molecular flexibility index (Phi) is 1.60. The first kappa shape index (κ1) is 8.48. The zero-order chi connectivity index (χ0) is 10.4. The molecular weight excluding hydrogens is 184 g/mol. The highest BCUT2D eigenvalue weighted by atomic mass is 14.9. The number of aryl methyl sites for hydroxylation is 2. The fourth-order valence-electron chi connectivity index (χ4n) is 1.97. The van der Waals surface area contributed by atoms with Crippen molar-refractivity contribution in [2.75, 3.05) is 0 Å². The summed E-state index contributed by atoms with van der Waals surface area (Å²) in [5.74, 6) is 0. The molecule has 0 N–H and O–H groups in total. The number of hydrogen-bond acceptors (Lipinski definition) is 1. The fourth-order valence-corrected chi connectivity index (χ4v) is 1.97. The number of pyridine rings is 1. The highest BCUT2D eigenvalue weighted by Crippen LogP contribution is 2.30. The molecule has 0 bridgehead atoms. The molecule has 0 aromatic heterocycles. The average Bonchev–Trinajstić information content (AvgIpc) is 2.57. The van der Waals surface area contributed by atoms with Crippen LogP contribution in [0.1, 0.15) is 5.69 Å². The zero-order valence-electron chi connectivity index (χ0n) is 8.86. The van der Waals surface area contributed by atoms with Crippen molar-refractivity contribution in [1.29, 1.82) is 0 Å². The Labute approximate surface area is 88.5 Å². The van der Waals surface area contributed by atoms with Crippen LogP contribution in [0.4, 0.5) is 0 Å². The van der Waals surface area contributed by atoms with E-state index in [1.54, 1.807) is 0 Å². The van der Waals surface area contributed by atoms with Crippen LogP contribution in [-0.2, 0) is 7.05 Å². The van der Waals surface area contributed by atoms with Crippen LogP contribution in [0, 0.1) is 6.92 Å². The molecule has 0 atom stereocenters. The van der Waals surface area contributed by atoms with Crippen molar-refractivity contribution in [3.8, 4) is 11.3 Å². The fraction of sp³-hybridized carbons (Fsp3) is 0.154. The molecule has 1 aromatic rings. The SMILES string of the molecule is Cc1cc2nc3ccccc3c-2cn1C.